The number of sulfone groups is 1. The first kappa shape index (κ1) is 13.1. The molecule has 6 nitrogen and oxygen atoms in total. The standard InChI is InChI=1S/C11H15NO5S/c13-11(14)9-1-3-17-10(9)6-12-5-8-2-4-18(15,16)7-8/h1,3,8,12H,2,4-7H2,(H,13,14). The van der Waals surface area contributed by atoms with Crippen LogP contribution >= 0.6 is 0 Å². The van der Waals surface area contributed by atoms with Crippen LogP contribution in [0.25, 0.3) is 0 Å². The molecule has 0 aliphatic carbocycles. The first-order chi connectivity index (χ1) is 8.48. The molecule has 1 fully saturated rings. The smallest absolute Gasteiger partial charge is 0.339 e. The van der Waals surface area contributed by atoms with Crippen molar-refractivity contribution in [1.82, 2.24) is 5.32 Å². The lowest BCUT2D eigenvalue weighted by molar-refractivity contribution is 0.0694. The number of rotatable bonds is 5. The third kappa shape index (κ3) is 3.11. The van der Waals surface area contributed by atoms with Crippen LogP contribution in [0.2, 0.25) is 0 Å². The van der Waals surface area contributed by atoms with Crippen molar-refractivity contribution in [3.63, 3.8) is 0 Å². The Morgan fingerprint density at radius 3 is 2.94 bits per heavy atom. The molecule has 1 unspecified atom stereocenters. The zero-order valence-corrected chi connectivity index (χ0v) is 10.6. The summed E-state index contributed by atoms with van der Waals surface area (Å²) >= 11 is 0. The highest BCUT2D eigenvalue weighted by Gasteiger charge is 2.27. The third-order valence-corrected chi connectivity index (χ3v) is 4.86. The van der Waals surface area contributed by atoms with Gasteiger partial charge in [-0.2, -0.15) is 0 Å². The Morgan fingerprint density at radius 2 is 2.33 bits per heavy atom. The number of carboxylic acid groups (broad SMARTS) is 1. The van der Waals surface area contributed by atoms with Gasteiger partial charge in [0.2, 0.25) is 0 Å². The zero-order chi connectivity index (χ0) is 13.2. The van der Waals surface area contributed by atoms with E-state index in [1.807, 2.05) is 0 Å². The fraction of sp³-hybridized carbons (Fsp3) is 0.545. The predicted molar refractivity (Wildman–Crippen MR) is 64.1 cm³/mol. The maximum Gasteiger partial charge on any atom is 0.339 e. The Bertz CT molecular complexity index is 533. The van der Waals surface area contributed by atoms with Crippen molar-refractivity contribution >= 4 is 15.8 Å². The molecule has 0 spiro atoms. The van der Waals surface area contributed by atoms with Gasteiger partial charge in [0.05, 0.1) is 24.3 Å². The first-order valence-electron chi connectivity index (χ1n) is 5.69. The molecule has 2 rings (SSSR count). The lowest BCUT2D eigenvalue weighted by atomic mass is 10.1. The number of nitrogens with one attached hydrogen (secondary N) is 1. The molecule has 0 aromatic carbocycles. The number of furan rings is 1. The van der Waals surface area contributed by atoms with Gasteiger partial charge < -0.3 is 14.8 Å². The van der Waals surface area contributed by atoms with Gasteiger partial charge in [-0.05, 0) is 24.9 Å². The highest BCUT2D eigenvalue weighted by atomic mass is 32.2. The van der Waals surface area contributed by atoms with E-state index in [0.717, 1.165) is 0 Å². The van der Waals surface area contributed by atoms with Gasteiger partial charge in [-0.15, -0.1) is 0 Å². The van der Waals surface area contributed by atoms with Crippen molar-refractivity contribution in [1.29, 1.82) is 0 Å². The van der Waals surface area contributed by atoms with E-state index >= 15 is 0 Å². The molecule has 18 heavy (non-hydrogen) atoms. The van der Waals surface area contributed by atoms with Gasteiger partial charge in [0.15, 0.2) is 9.84 Å². The van der Waals surface area contributed by atoms with E-state index in [2.05, 4.69) is 5.32 Å². The van der Waals surface area contributed by atoms with Crippen molar-refractivity contribution in [3.8, 4) is 0 Å². The van der Waals surface area contributed by atoms with Gasteiger partial charge in [0.25, 0.3) is 0 Å². The van der Waals surface area contributed by atoms with E-state index in [0.29, 0.717) is 25.3 Å². The molecule has 1 atom stereocenters. The third-order valence-electron chi connectivity index (χ3n) is 3.02. The summed E-state index contributed by atoms with van der Waals surface area (Å²) in [5, 5.41) is 11.9. The number of hydrogen-bond acceptors (Lipinski definition) is 5. The minimum atomic E-state index is -2.86. The Kier molecular flexibility index (Phi) is 3.72. The molecule has 0 radical (unpaired) electrons. The lowest BCUT2D eigenvalue weighted by Gasteiger charge is -2.08. The van der Waals surface area contributed by atoms with E-state index in [1.165, 1.54) is 12.3 Å². The first-order valence-corrected chi connectivity index (χ1v) is 7.51. The molecule has 1 aliphatic rings. The number of carbonyl (C=O) groups is 1. The van der Waals surface area contributed by atoms with E-state index in [9.17, 15) is 13.2 Å². The summed E-state index contributed by atoms with van der Waals surface area (Å²) in [6, 6.07) is 1.40. The van der Waals surface area contributed by atoms with Crippen LogP contribution in [-0.2, 0) is 16.4 Å². The van der Waals surface area contributed by atoms with Gasteiger partial charge >= 0.3 is 5.97 Å². The number of carboxylic acids is 1. The Hall–Kier alpha value is -1.34. The lowest BCUT2D eigenvalue weighted by Crippen LogP contribution is -2.23. The Morgan fingerprint density at radius 1 is 1.56 bits per heavy atom. The summed E-state index contributed by atoms with van der Waals surface area (Å²) < 4.78 is 27.6. The normalized spacial score (nSPS) is 22.1. The molecule has 0 bridgehead atoms. The average Bonchev–Trinajstić information content (AvgIpc) is 2.85. The second-order valence-corrected chi connectivity index (χ2v) is 6.69. The molecule has 0 amide bonds. The molecule has 2 N–H and O–H groups in total. The summed E-state index contributed by atoms with van der Waals surface area (Å²) in [5.41, 5.74) is 0.140. The molecule has 1 aromatic heterocycles. The fourth-order valence-electron chi connectivity index (χ4n) is 2.09. The summed E-state index contributed by atoms with van der Waals surface area (Å²) in [6.07, 6.45) is 2.00. The highest BCUT2D eigenvalue weighted by molar-refractivity contribution is 7.91. The van der Waals surface area contributed by atoms with Gasteiger partial charge in [0.1, 0.15) is 11.3 Å². The van der Waals surface area contributed by atoms with E-state index in [1.54, 1.807) is 0 Å². The van der Waals surface area contributed by atoms with Crippen LogP contribution in [0.3, 0.4) is 0 Å². The van der Waals surface area contributed by atoms with E-state index in [4.69, 9.17) is 9.52 Å². The summed E-state index contributed by atoms with van der Waals surface area (Å²) in [5.74, 6) is -0.0877. The van der Waals surface area contributed by atoms with Crippen molar-refractivity contribution in [2.45, 2.75) is 13.0 Å². The second-order valence-electron chi connectivity index (χ2n) is 4.46. The van der Waals surface area contributed by atoms with Crippen LogP contribution in [0.15, 0.2) is 16.7 Å². The summed E-state index contributed by atoms with van der Waals surface area (Å²) in [4.78, 5) is 10.8. The second kappa shape index (κ2) is 5.11. The SMILES string of the molecule is O=C(O)c1ccoc1CNCC1CCS(=O)(=O)C1. The topological polar surface area (TPSA) is 96.6 Å². The highest BCUT2D eigenvalue weighted by Crippen LogP contribution is 2.17. The van der Waals surface area contributed by atoms with Crippen molar-refractivity contribution in [3.05, 3.63) is 23.7 Å². The summed E-state index contributed by atoms with van der Waals surface area (Å²) in [7, 11) is -2.86. The summed E-state index contributed by atoms with van der Waals surface area (Å²) in [6.45, 7) is 0.851. The minimum Gasteiger partial charge on any atom is -0.478 e. The molecular formula is C11H15NO5S. The van der Waals surface area contributed by atoms with E-state index in [-0.39, 0.29) is 23.0 Å². The van der Waals surface area contributed by atoms with Crippen LogP contribution in [0.4, 0.5) is 0 Å². The van der Waals surface area contributed by atoms with Crippen molar-refractivity contribution < 1.29 is 22.7 Å². The molecular weight excluding hydrogens is 258 g/mol. The van der Waals surface area contributed by atoms with Crippen LogP contribution in [-0.4, -0.2) is 37.5 Å². The fourth-order valence-corrected chi connectivity index (χ4v) is 3.95. The molecule has 1 aliphatic heterocycles. The van der Waals surface area contributed by atoms with Crippen molar-refractivity contribution in [2.24, 2.45) is 5.92 Å². The van der Waals surface area contributed by atoms with Crippen LogP contribution in [0, 0.1) is 5.92 Å². The van der Waals surface area contributed by atoms with Gasteiger partial charge in [-0.1, -0.05) is 0 Å². The largest absolute Gasteiger partial charge is 0.478 e. The number of aromatic carboxylic acids is 1. The maximum absolute atomic E-state index is 11.3. The van der Waals surface area contributed by atoms with Crippen LogP contribution in [0.5, 0.6) is 0 Å². The molecule has 100 valence electrons. The zero-order valence-electron chi connectivity index (χ0n) is 9.76. The van der Waals surface area contributed by atoms with Gasteiger partial charge in [-0.3, -0.25) is 0 Å². The maximum atomic E-state index is 11.3. The molecule has 0 saturated carbocycles. The van der Waals surface area contributed by atoms with Gasteiger partial charge in [-0.25, -0.2) is 13.2 Å². The van der Waals surface area contributed by atoms with Crippen molar-refractivity contribution in [2.75, 3.05) is 18.1 Å². The van der Waals surface area contributed by atoms with E-state index < -0.39 is 15.8 Å². The quantitative estimate of drug-likeness (QED) is 0.811. The predicted octanol–water partition coefficient (Wildman–Crippen LogP) is 0.502. The Balaban J connectivity index is 1.82. The van der Waals surface area contributed by atoms with Crippen LogP contribution < -0.4 is 5.32 Å². The molecule has 1 aromatic rings. The molecule has 7 heteroatoms. The number of hydrogen-bond donors (Lipinski definition) is 2. The minimum absolute atomic E-state index is 0.109. The Labute approximate surface area is 105 Å². The molecule has 2 heterocycles. The monoisotopic (exact) mass is 273 g/mol. The van der Waals surface area contributed by atoms with Crippen LogP contribution in [0.1, 0.15) is 22.5 Å². The molecule has 1 saturated heterocycles. The average molecular weight is 273 g/mol. The van der Waals surface area contributed by atoms with Gasteiger partial charge in [0, 0.05) is 0 Å².